The van der Waals surface area contributed by atoms with Gasteiger partial charge in [0.05, 0.1) is 13.7 Å². The maximum absolute atomic E-state index is 8.70. The number of methoxy groups -OCH3 is 1. The zero-order valence-electron chi connectivity index (χ0n) is 9.06. The molecule has 0 radical (unpaired) electrons. The van der Waals surface area contributed by atoms with Gasteiger partial charge in [-0.2, -0.15) is 0 Å². The molecule has 3 N–H and O–H groups in total. The molecule has 0 fully saturated rings. The van der Waals surface area contributed by atoms with Gasteiger partial charge in [0.2, 0.25) is 0 Å². The monoisotopic (exact) mass is 211 g/mol. The van der Waals surface area contributed by atoms with Gasteiger partial charge in [0.15, 0.2) is 0 Å². The van der Waals surface area contributed by atoms with Crippen molar-refractivity contribution < 1.29 is 14.6 Å². The van der Waals surface area contributed by atoms with Crippen molar-refractivity contribution in [3.8, 4) is 11.5 Å². The fourth-order valence-corrected chi connectivity index (χ4v) is 1.30. The van der Waals surface area contributed by atoms with E-state index in [1.807, 2.05) is 19.1 Å². The second-order valence-electron chi connectivity index (χ2n) is 3.26. The maximum Gasteiger partial charge on any atom is 0.127 e. The minimum absolute atomic E-state index is 0.0183. The van der Waals surface area contributed by atoms with E-state index in [1.54, 1.807) is 13.2 Å². The van der Waals surface area contributed by atoms with E-state index in [9.17, 15) is 0 Å². The van der Waals surface area contributed by atoms with Crippen LogP contribution in [0.2, 0.25) is 0 Å². The molecule has 0 aliphatic rings. The molecule has 15 heavy (non-hydrogen) atoms. The van der Waals surface area contributed by atoms with Crippen molar-refractivity contribution in [2.45, 2.75) is 13.0 Å². The number of ether oxygens (including phenoxy) is 2. The normalized spacial score (nSPS) is 12.3. The third kappa shape index (κ3) is 3.11. The molecule has 4 nitrogen and oxygen atoms in total. The summed E-state index contributed by atoms with van der Waals surface area (Å²) in [4.78, 5) is 0. The van der Waals surface area contributed by atoms with Crippen molar-refractivity contribution in [3.05, 3.63) is 23.8 Å². The van der Waals surface area contributed by atoms with Gasteiger partial charge >= 0.3 is 0 Å². The van der Waals surface area contributed by atoms with Gasteiger partial charge in [0.1, 0.15) is 18.1 Å². The summed E-state index contributed by atoms with van der Waals surface area (Å²) in [5, 5.41) is 8.70. The first-order valence-electron chi connectivity index (χ1n) is 4.86. The number of rotatable bonds is 5. The van der Waals surface area contributed by atoms with Crippen LogP contribution in [-0.4, -0.2) is 25.4 Å². The van der Waals surface area contributed by atoms with E-state index < -0.39 is 0 Å². The first-order chi connectivity index (χ1) is 7.19. The second-order valence-corrected chi connectivity index (χ2v) is 3.26. The molecule has 1 aromatic carbocycles. The highest BCUT2D eigenvalue weighted by Crippen LogP contribution is 2.28. The van der Waals surface area contributed by atoms with Crippen LogP contribution >= 0.6 is 0 Å². The lowest BCUT2D eigenvalue weighted by molar-refractivity contribution is 0.199. The summed E-state index contributed by atoms with van der Waals surface area (Å²) < 4.78 is 10.5. The first kappa shape index (κ1) is 11.8. The molecule has 1 atom stereocenters. The highest BCUT2D eigenvalue weighted by Gasteiger charge is 2.09. The van der Waals surface area contributed by atoms with Crippen LogP contribution in [0.5, 0.6) is 11.5 Å². The molecular formula is C11H17NO3. The van der Waals surface area contributed by atoms with Crippen LogP contribution < -0.4 is 15.2 Å². The summed E-state index contributed by atoms with van der Waals surface area (Å²) in [7, 11) is 1.59. The molecule has 0 bridgehead atoms. The molecule has 84 valence electrons. The molecule has 0 heterocycles. The molecule has 0 aliphatic carbocycles. The number of benzene rings is 1. The standard InChI is InChI=1S/C11H17NO3/c1-8(12)10-4-3-9(14-2)7-11(10)15-6-5-13/h3-4,7-8,13H,5-6,12H2,1-2H3/t8-/m0/s1. The van der Waals surface area contributed by atoms with Gasteiger partial charge in [0.25, 0.3) is 0 Å². The summed E-state index contributed by atoms with van der Waals surface area (Å²) in [5.74, 6) is 1.38. The Morgan fingerprint density at radius 3 is 2.73 bits per heavy atom. The average molecular weight is 211 g/mol. The molecule has 1 rings (SSSR count). The third-order valence-electron chi connectivity index (χ3n) is 2.06. The Morgan fingerprint density at radius 2 is 2.20 bits per heavy atom. The smallest absolute Gasteiger partial charge is 0.127 e. The third-order valence-corrected chi connectivity index (χ3v) is 2.06. The summed E-state index contributed by atoms with van der Waals surface area (Å²) >= 11 is 0. The summed E-state index contributed by atoms with van der Waals surface area (Å²) in [6, 6.07) is 5.37. The lowest BCUT2D eigenvalue weighted by Crippen LogP contribution is -2.10. The first-order valence-corrected chi connectivity index (χ1v) is 4.86. The lowest BCUT2D eigenvalue weighted by atomic mass is 10.1. The van der Waals surface area contributed by atoms with Gasteiger partial charge in [-0.15, -0.1) is 0 Å². The van der Waals surface area contributed by atoms with E-state index in [-0.39, 0.29) is 19.3 Å². The predicted octanol–water partition coefficient (Wildman–Crippen LogP) is 1.09. The highest BCUT2D eigenvalue weighted by molar-refractivity contribution is 5.42. The van der Waals surface area contributed by atoms with Crippen molar-refractivity contribution in [3.63, 3.8) is 0 Å². The van der Waals surface area contributed by atoms with Crippen LogP contribution in [0.3, 0.4) is 0 Å². The van der Waals surface area contributed by atoms with Gasteiger partial charge in [0, 0.05) is 17.7 Å². The van der Waals surface area contributed by atoms with E-state index in [0.717, 1.165) is 5.56 Å². The van der Waals surface area contributed by atoms with Gasteiger partial charge in [-0.05, 0) is 13.0 Å². The number of hydrogen-bond donors (Lipinski definition) is 2. The zero-order valence-corrected chi connectivity index (χ0v) is 9.06. The summed E-state index contributed by atoms with van der Waals surface area (Å²) in [5.41, 5.74) is 6.70. The van der Waals surface area contributed by atoms with Crippen LogP contribution in [0, 0.1) is 0 Å². The van der Waals surface area contributed by atoms with Crippen LogP contribution in [0.15, 0.2) is 18.2 Å². The molecule has 0 spiro atoms. The van der Waals surface area contributed by atoms with Crippen molar-refractivity contribution >= 4 is 0 Å². The molecule has 0 aliphatic heterocycles. The maximum atomic E-state index is 8.70. The van der Waals surface area contributed by atoms with E-state index in [0.29, 0.717) is 11.5 Å². The van der Waals surface area contributed by atoms with E-state index in [1.165, 1.54) is 0 Å². The molecule has 0 aromatic heterocycles. The predicted molar refractivity (Wildman–Crippen MR) is 58.2 cm³/mol. The number of aliphatic hydroxyl groups excluding tert-OH is 1. The van der Waals surface area contributed by atoms with Gasteiger partial charge in [-0.25, -0.2) is 0 Å². The van der Waals surface area contributed by atoms with Crippen LogP contribution in [-0.2, 0) is 0 Å². The lowest BCUT2D eigenvalue weighted by Gasteiger charge is -2.14. The topological polar surface area (TPSA) is 64.7 Å². The fourth-order valence-electron chi connectivity index (χ4n) is 1.30. The number of nitrogens with two attached hydrogens (primary N) is 1. The van der Waals surface area contributed by atoms with Crippen molar-refractivity contribution in [1.29, 1.82) is 0 Å². The fraction of sp³-hybridized carbons (Fsp3) is 0.455. The van der Waals surface area contributed by atoms with Crippen LogP contribution in [0.1, 0.15) is 18.5 Å². The van der Waals surface area contributed by atoms with Crippen molar-refractivity contribution in [2.75, 3.05) is 20.3 Å². The Balaban J connectivity index is 2.94. The van der Waals surface area contributed by atoms with E-state index in [4.69, 9.17) is 20.3 Å². The van der Waals surface area contributed by atoms with Gasteiger partial charge in [-0.3, -0.25) is 0 Å². The number of aliphatic hydroxyl groups is 1. The van der Waals surface area contributed by atoms with Crippen LogP contribution in [0.25, 0.3) is 0 Å². The Kier molecular flexibility index (Phi) is 4.39. The highest BCUT2D eigenvalue weighted by atomic mass is 16.5. The minimum Gasteiger partial charge on any atom is -0.497 e. The van der Waals surface area contributed by atoms with E-state index in [2.05, 4.69) is 0 Å². The van der Waals surface area contributed by atoms with Crippen molar-refractivity contribution in [1.82, 2.24) is 0 Å². The summed E-state index contributed by atoms with van der Waals surface area (Å²) in [6.07, 6.45) is 0. The Labute approximate surface area is 89.6 Å². The van der Waals surface area contributed by atoms with Crippen molar-refractivity contribution in [2.24, 2.45) is 5.73 Å². The molecule has 0 amide bonds. The van der Waals surface area contributed by atoms with E-state index >= 15 is 0 Å². The minimum atomic E-state index is -0.107. The van der Waals surface area contributed by atoms with Crippen LogP contribution in [0.4, 0.5) is 0 Å². The number of hydrogen-bond acceptors (Lipinski definition) is 4. The van der Waals surface area contributed by atoms with Gasteiger partial charge in [-0.1, -0.05) is 6.07 Å². The summed E-state index contributed by atoms with van der Waals surface area (Å²) in [6.45, 7) is 2.12. The average Bonchev–Trinajstić information content (AvgIpc) is 2.25. The Bertz CT molecular complexity index is 313. The largest absolute Gasteiger partial charge is 0.497 e. The zero-order chi connectivity index (χ0) is 11.3. The molecule has 0 saturated carbocycles. The van der Waals surface area contributed by atoms with Gasteiger partial charge < -0.3 is 20.3 Å². The molecule has 0 unspecified atom stereocenters. The molecule has 1 aromatic rings. The SMILES string of the molecule is COc1ccc([C@H](C)N)c(OCCO)c1. The molecular weight excluding hydrogens is 194 g/mol. The molecule has 4 heteroatoms. The quantitative estimate of drug-likeness (QED) is 0.765. The molecule has 0 saturated heterocycles. The Morgan fingerprint density at radius 1 is 1.47 bits per heavy atom. The second kappa shape index (κ2) is 5.58. The Hall–Kier alpha value is -1.26.